The van der Waals surface area contributed by atoms with E-state index in [4.69, 9.17) is 0 Å². The second kappa shape index (κ2) is 6.98. The molecule has 2 N–H and O–H groups in total. The Morgan fingerprint density at radius 2 is 2.08 bits per heavy atom. The number of anilines is 1. The van der Waals surface area contributed by atoms with Crippen LogP contribution in [0.25, 0.3) is 0 Å². The van der Waals surface area contributed by atoms with E-state index in [1.807, 2.05) is 29.1 Å². The van der Waals surface area contributed by atoms with Gasteiger partial charge in [-0.25, -0.2) is 0 Å². The van der Waals surface area contributed by atoms with Crippen molar-refractivity contribution in [3.8, 4) is 0 Å². The topological polar surface area (TPSA) is 70.4 Å². The zero-order valence-electron chi connectivity index (χ0n) is 14.2. The molecule has 0 radical (unpaired) electrons. The maximum Gasteiger partial charge on any atom is 0.227 e. The Kier molecular flexibility index (Phi) is 4.55. The summed E-state index contributed by atoms with van der Waals surface area (Å²) in [6.07, 6.45) is 6.48. The highest BCUT2D eigenvalue weighted by molar-refractivity contribution is 5.93. The number of amides is 1. The zero-order chi connectivity index (χ0) is 17.2. The molecule has 6 heteroatoms. The lowest BCUT2D eigenvalue weighted by Gasteiger charge is -2.22. The molecule has 2 atom stereocenters. The Bertz CT molecular complexity index is 726. The minimum absolute atomic E-state index is 0.102. The number of benzene rings is 1. The van der Waals surface area contributed by atoms with Gasteiger partial charge in [-0.2, -0.15) is 5.10 Å². The van der Waals surface area contributed by atoms with E-state index in [9.17, 15) is 9.90 Å². The Morgan fingerprint density at radius 1 is 1.28 bits per heavy atom. The monoisotopic (exact) mass is 340 g/mol. The van der Waals surface area contributed by atoms with Crippen LogP contribution >= 0.6 is 0 Å². The van der Waals surface area contributed by atoms with E-state index in [1.54, 1.807) is 6.20 Å². The van der Waals surface area contributed by atoms with Crippen molar-refractivity contribution in [2.24, 2.45) is 5.92 Å². The number of rotatable bonds is 6. The Labute approximate surface area is 147 Å². The van der Waals surface area contributed by atoms with Gasteiger partial charge >= 0.3 is 0 Å². The van der Waals surface area contributed by atoms with Crippen LogP contribution in [0, 0.1) is 5.92 Å². The molecule has 1 aromatic carbocycles. The third-order valence-electron chi connectivity index (χ3n) is 5.14. The summed E-state index contributed by atoms with van der Waals surface area (Å²) >= 11 is 0. The second-order valence-electron chi connectivity index (χ2n) is 7.11. The van der Waals surface area contributed by atoms with Crippen molar-refractivity contribution in [3.63, 3.8) is 0 Å². The van der Waals surface area contributed by atoms with Crippen molar-refractivity contribution < 1.29 is 9.90 Å². The molecule has 4 rings (SSSR count). The number of likely N-dealkylation sites (tertiary alicyclic amines) is 1. The molecule has 0 spiro atoms. The standard InChI is InChI=1S/C19H24N4O2/c24-13-18-8-17(12-22(18)10-14-4-2-1-3-5-14)23-11-16(9-20-23)21-19(25)15-6-7-15/h1-5,9,11,15,17-18,24H,6-8,10,12-13H2,(H,21,25)/t17-,18-/m0/s1. The number of carbonyl (C=O) groups excluding carboxylic acids is 1. The zero-order valence-corrected chi connectivity index (χ0v) is 14.2. The third kappa shape index (κ3) is 3.75. The maximum absolute atomic E-state index is 11.9. The minimum Gasteiger partial charge on any atom is -0.395 e. The summed E-state index contributed by atoms with van der Waals surface area (Å²) < 4.78 is 1.93. The summed E-state index contributed by atoms with van der Waals surface area (Å²) in [7, 11) is 0. The average Bonchev–Trinajstić information content (AvgIpc) is 3.26. The summed E-state index contributed by atoms with van der Waals surface area (Å²) in [4.78, 5) is 14.2. The van der Waals surface area contributed by atoms with E-state index in [2.05, 4.69) is 27.4 Å². The molecule has 0 unspecified atom stereocenters. The molecule has 6 nitrogen and oxygen atoms in total. The van der Waals surface area contributed by atoms with Gasteiger partial charge in [0.15, 0.2) is 0 Å². The number of nitrogens with zero attached hydrogens (tertiary/aromatic N) is 3. The number of aliphatic hydroxyl groups is 1. The molecule has 2 aliphatic rings. The molecular formula is C19H24N4O2. The quantitative estimate of drug-likeness (QED) is 0.844. The minimum atomic E-state index is 0.102. The number of aromatic nitrogens is 2. The fourth-order valence-electron chi connectivity index (χ4n) is 3.54. The molecule has 132 valence electrons. The summed E-state index contributed by atoms with van der Waals surface area (Å²) in [5, 5.41) is 17.1. The Hall–Kier alpha value is -2.18. The second-order valence-corrected chi connectivity index (χ2v) is 7.11. The largest absolute Gasteiger partial charge is 0.395 e. The lowest BCUT2D eigenvalue weighted by atomic mass is 10.1. The van der Waals surface area contributed by atoms with Gasteiger partial charge in [-0.1, -0.05) is 30.3 Å². The Balaban J connectivity index is 1.41. The number of hydrogen-bond acceptors (Lipinski definition) is 4. The highest BCUT2D eigenvalue weighted by Gasteiger charge is 2.33. The van der Waals surface area contributed by atoms with Crippen LogP contribution in [0.2, 0.25) is 0 Å². The van der Waals surface area contributed by atoms with E-state index in [-0.39, 0.29) is 30.5 Å². The van der Waals surface area contributed by atoms with Crippen LogP contribution in [0.5, 0.6) is 0 Å². The van der Waals surface area contributed by atoms with Gasteiger partial charge in [0.2, 0.25) is 5.91 Å². The van der Waals surface area contributed by atoms with Crippen LogP contribution in [-0.2, 0) is 11.3 Å². The predicted octanol–water partition coefficient (Wildman–Crippen LogP) is 2.04. The van der Waals surface area contributed by atoms with Crippen LogP contribution in [0.3, 0.4) is 0 Å². The highest BCUT2D eigenvalue weighted by atomic mass is 16.3. The van der Waals surface area contributed by atoms with Crippen molar-refractivity contribution in [1.82, 2.24) is 14.7 Å². The van der Waals surface area contributed by atoms with E-state index in [0.717, 1.165) is 38.0 Å². The molecule has 2 heterocycles. The van der Waals surface area contributed by atoms with E-state index in [1.165, 1.54) is 5.56 Å². The van der Waals surface area contributed by atoms with Crippen molar-refractivity contribution in [1.29, 1.82) is 0 Å². The lowest BCUT2D eigenvalue weighted by Crippen LogP contribution is -2.31. The van der Waals surface area contributed by atoms with Crippen LogP contribution in [-0.4, -0.2) is 44.9 Å². The van der Waals surface area contributed by atoms with E-state index < -0.39 is 0 Å². The summed E-state index contributed by atoms with van der Waals surface area (Å²) in [5.41, 5.74) is 2.01. The molecule has 1 aliphatic heterocycles. The predicted molar refractivity (Wildman–Crippen MR) is 95.0 cm³/mol. The van der Waals surface area contributed by atoms with E-state index in [0.29, 0.717) is 0 Å². The van der Waals surface area contributed by atoms with Gasteiger partial charge in [0.25, 0.3) is 0 Å². The number of carbonyl (C=O) groups is 1. The van der Waals surface area contributed by atoms with Gasteiger partial charge in [-0.05, 0) is 24.8 Å². The van der Waals surface area contributed by atoms with Crippen molar-refractivity contribution >= 4 is 11.6 Å². The molecule has 2 aromatic rings. The first kappa shape index (κ1) is 16.3. The first-order chi connectivity index (χ1) is 12.2. The summed E-state index contributed by atoms with van der Waals surface area (Å²) in [5.74, 6) is 0.292. The summed E-state index contributed by atoms with van der Waals surface area (Å²) in [6.45, 7) is 1.82. The lowest BCUT2D eigenvalue weighted by molar-refractivity contribution is -0.117. The smallest absolute Gasteiger partial charge is 0.227 e. The number of nitrogens with one attached hydrogen (secondary N) is 1. The first-order valence-corrected chi connectivity index (χ1v) is 8.97. The summed E-state index contributed by atoms with van der Waals surface area (Å²) in [6, 6.07) is 10.7. The molecule has 0 bridgehead atoms. The molecule has 25 heavy (non-hydrogen) atoms. The van der Waals surface area contributed by atoms with E-state index >= 15 is 0 Å². The molecule has 1 saturated carbocycles. The molecule has 1 amide bonds. The van der Waals surface area contributed by atoms with Crippen LogP contribution < -0.4 is 5.32 Å². The molecule has 1 aromatic heterocycles. The fourth-order valence-corrected chi connectivity index (χ4v) is 3.54. The van der Waals surface area contributed by atoms with Gasteiger partial charge < -0.3 is 10.4 Å². The highest BCUT2D eigenvalue weighted by Crippen LogP contribution is 2.31. The maximum atomic E-state index is 11.9. The fraction of sp³-hybridized carbons (Fsp3) is 0.474. The van der Waals surface area contributed by atoms with Crippen LogP contribution in [0.15, 0.2) is 42.7 Å². The third-order valence-corrected chi connectivity index (χ3v) is 5.14. The Morgan fingerprint density at radius 3 is 2.80 bits per heavy atom. The number of hydrogen-bond donors (Lipinski definition) is 2. The van der Waals surface area contributed by atoms with Gasteiger partial charge in [0.1, 0.15) is 0 Å². The van der Waals surface area contributed by atoms with Crippen LogP contribution in [0.1, 0.15) is 30.9 Å². The van der Waals surface area contributed by atoms with Gasteiger partial charge in [-0.15, -0.1) is 0 Å². The van der Waals surface area contributed by atoms with Crippen molar-refractivity contribution in [2.45, 2.75) is 37.9 Å². The normalized spacial score (nSPS) is 23.7. The molecule has 1 saturated heterocycles. The van der Waals surface area contributed by atoms with Gasteiger partial charge in [0.05, 0.1) is 24.5 Å². The van der Waals surface area contributed by atoms with Gasteiger partial charge in [0, 0.05) is 31.2 Å². The molecule has 2 fully saturated rings. The average molecular weight is 340 g/mol. The number of aliphatic hydroxyl groups excluding tert-OH is 1. The first-order valence-electron chi connectivity index (χ1n) is 8.97. The van der Waals surface area contributed by atoms with Crippen molar-refractivity contribution in [3.05, 3.63) is 48.3 Å². The molecule has 1 aliphatic carbocycles. The SMILES string of the molecule is O=C(Nc1cnn([C@H]2C[C@@H](CO)N(Cc3ccccc3)C2)c1)C1CC1. The van der Waals surface area contributed by atoms with Crippen LogP contribution in [0.4, 0.5) is 5.69 Å². The van der Waals surface area contributed by atoms with Gasteiger partial charge in [-0.3, -0.25) is 14.4 Å². The van der Waals surface area contributed by atoms with Crippen molar-refractivity contribution in [2.75, 3.05) is 18.5 Å². The molecular weight excluding hydrogens is 316 g/mol.